The zero-order valence-corrected chi connectivity index (χ0v) is 12.5. The Bertz CT molecular complexity index is 496. The molecule has 96 valence electrons. The van der Waals surface area contributed by atoms with Gasteiger partial charge in [0.25, 0.3) is 0 Å². The molecule has 3 heteroatoms. The lowest BCUT2D eigenvalue weighted by Gasteiger charge is -2.20. The number of furan rings is 1. The predicted molar refractivity (Wildman–Crippen MR) is 79.0 cm³/mol. The average Bonchev–Trinajstić information content (AvgIpc) is 2.81. The van der Waals surface area contributed by atoms with Crippen molar-refractivity contribution in [3.8, 4) is 0 Å². The normalized spacial score (nSPS) is 12.4. The van der Waals surface area contributed by atoms with E-state index in [4.69, 9.17) is 4.42 Å². The van der Waals surface area contributed by atoms with Gasteiger partial charge in [-0.05, 0) is 55.7 Å². The zero-order valence-electron chi connectivity index (χ0n) is 11.0. The molecule has 0 radical (unpaired) electrons. The SMILES string of the molecule is CCC(Nc1c(C)cc(Br)cc1C)c1ccco1. The Balaban J connectivity index is 2.28. The maximum atomic E-state index is 5.49. The van der Waals surface area contributed by atoms with Crippen LogP contribution < -0.4 is 5.32 Å². The van der Waals surface area contributed by atoms with Crippen LogP contribution in [0.25, 0.3) is 0 Å². The van der Waals surface area contributed by atoms with Gasteiger partial charge in [0.15, 0.2) is 0 Å². The Morgan fingerprint density at radius 1 is 1.28 bits per heavy atom. The lowest BCUT2D eigenvalue weighted by Crippen LogP contribution is -2.10. The van der Waals surface area contributed by atoms with Crippen molar-refractivity contribution in [3.63, 3.8) is 0 Å². The molecule has 0 saturated heterocycles. The topological polar surface area (TPSA) is 25.2 Å². The largest absolute Gasteiger partial charge is 0.467 e. The second-order valence-electron chi connectivity index (χ2n) is 4.54. The Labute approximate surface area is 117 Å². The highest BCUT2D eigenvalue weighted by Gasteiger charge is 2.14. The number of halogens is 1. The van der Waals surface area contributed by atoms with Crippen LogP contribution in [0, 0.1) is 13.8 Å². The molecule has 18 heavy (non-hydrogen) atoms. The summed E-state index contributed by atoms with van der Waals surface area (Å²) in [6.45, 7) is 6.40. The first-order valence-electron chi connectivity index (χ1n) is 6.18. The maximum Gasteiger partial charge on any atom is 0.125 e. The van der Waals surface area contributed by atoms with Crippen molar-refractivity contribution in [2.75, 3.05) is 5.32 Å². The van der Waals surface area contributed by atoms with Crippen LogP contribution in [0.15, 0.2) is 39.4 Å². The summed E-state index contributed by atoms with van der Waals surface area (Å²) in [4.78, 5) is 0. The van der Waals surface area contributed by atoms with Crippen molar-refractivity contribution < 1.29 is 4.42 Å². The molecule has 0 saturated carbocycles. The van der Waals surface area contributed by atoms with Crippen molar-refractivity contribution in [1.29, 1.82) is 0 Å². The highest BCUT2D eigenvalue weighted by molar-refractivity contribution is 9.10. The Morgan fingerprint density at radius 2 is 1.94 bits per heavy atom. The number of rotatable bonds is 4. The van der Waals surface area contributed by atoms with Crippen LogP contribution in [-0.2, 0) is 0 Å². The van der Waals surface area contributed by atoms with E-state index in [0.717, 1.165) is 16.7 Å². The van der Waals surface area contributed by atoms with Gasteiger partial charge in [0.05, 0.1) is 12.3 Å². The monoisotopic (exact) mass is 307 g/mol. The highest BCUT2D eigenvalue weighted by atomic mass is 79.9. The first-order chi connectivity index (χ1) is 8.61. The van der Waals surface area contributed by atoms with Crippen LogP contribution >= 0.6 is 15.9 Å². The summed E-state index contributed by atoms with van der Waals surface area (Å²) in [6.07, 6.45) is 2.71. The predicted octanol–water partition coefficient (Wildman–Crippen LogP) is 5.22. The molecule has 0 bridgehead atoms. The van der Waals surface area contributed by atoms with Crippen LogP contribution in [0.4, 0.5) is 5.69 Å². The minimum absolute atomic E-state index is 0.221. The van der Waals surface area contributed by atoms with E-state index in [1.165, 1.54) is 16.8 Å². The van der Waals surface area contributed by atoms with Gasteiger partial charge in [0, 0.05) is 10.2 Å². The van der Waals surface area contributed by atoms with E-state index < -0.39 is 0 Å². The van der Waals surface area contributed by atoms with Gasteiger partial charge in [0.1, 0.15) is 5.76 Å². The molecule has 1 atom stereocenters. The molecule has 0 aliphatic heterocycles. The summed E-state index contributed by atoms with van der Waals surface area (Å²) in [5, 5.41) is 3.58. The summed E-state index contributed by atoms with van der Waals surface area (Å²) in [5.74, 6) is 0.985. The molecule has 1 aromatic heterocycles. The summed E-state index contributed by atoms with van der Waals surface area (Å²) < 4.78 is 6.61. The summed E-state index contributed by atoms with van der Waals surface area (Å²) in [5.41, 5.74) is 3.68. The fourth-order valence-electron chi connectivity index (χ4n) is 2.18. The molecule has 1 heterocycles. The molecule has 0 aliphatic rings. The standard InChI is InChI=1S/C15H18BrNO/c1-4-13(14-6-5-7-18-14)17-15-10(2)8-12(16)9-11(15)3/h5-9,13,17H,4H2,1-3H3. The van der Waals surface area contributed by atoms with Gasteiger partial charge in [-0.1, -0.05) is 22.9 Å². The summed E-state index contributed by atoms with van der Waals surface area (Å²) in [6, 6.07) is 8.43. The van der Waals surface area contributed by atoms with Crippen molar-refractivity contribution in [2.24, 2.45) is 0 Å². The molecular weight excluding hydrogens is 290 g/mol. The van der Waals surface area contributed by atoms with Crippen molar-refractivity contribution in [3.05, 3.63) is 51.9 Å². The van der Waals surface area contributed by atoms with Gasteiger partial charge in [-0.25, -0.2) is 0 Å². The molecule has 0 fully saturated rings. The second-order valence-corrected chi connectivity index (χ2v) is 5.45. The third-order valence-corrected chi connectivity index (χ3v) is 3.57. The smallest absolute Gasteiger partial charge is 0.125 e. The number of benzene rings is 1. The van der Waals surface area contributed by atoms with Gasteiger partial charge in [-0.15, -0.1) is 0 Å². The van der Waals surface area contributed by atoms with E-state index >= 15 is 0 Å². The van der Waals surface area contributed by atoms with Crippen LogP contribution in [0.1, 0.15) is 36.3 Å². The molecule has 0 amide bonds. The molecule has 2 nitrogen and oxygen atoms in total. The zero-order chi connectivity index (χ0) is 13.1. The quantitative estimate of drug-likeness (QED) is 0.837. The fraction of sp³-hybridized carbons (Fsp3) is 0.333. The van der Waals surface area contributed by atoms with Gasteiger partial charge < -0.3 is 9.73 Å². The molecule has 1 unspecified atom stereocenters. The second kappa shape index (κ2) is 5.61. The molecular formula is C15H18BrNO. The Morgan fingerprint density at radius 3 is 2.44 bits per heavy atom. The molecule has 2 rings (SSSR count). The molecule has 2 aromatic rings. The van der Waals surface area contributed by atoms with Crippen LogP contribution in [0.2, 0.25) is 0 Å². The Hall–Kier alpha value is -1.22. The highest BCUT2D eigenvalue weighted by Crippen LogP contribution is 2.30. The number of anilines is 1. The number of nitrogens with one attached hydrogen (secondary N) is 1. The summed E-state index contributed by atoms with van der Waals surface area (Å²) >= 11 is 3.52. The fourth-order valence-corrected chi connectivity index (χ4v) is 2.86. The van der Waals surface area contributed by atoms with Gasteiger partial charge >= 0.3 is 0 Å². The molecule has 0 spiro atoms. The minimum Gasteiger partial charge on any atom is -0.467 e. The third kappa shape index (κ3) is 2.78. The number of aryl methyl sites for hydroxylation is 2. The first kappa shape index (κ1) is 13.2. The van der Waals surface area contributed by atoms with E-state index in [-0.39, 0.29) is 6.04 Å². The number of hydrogen-bond donors (Lipinski definition) is 1. The lowest BCUT2D eigenvalue weighted by molar-refractivity contribution is 0.473. The van der Waals surface area contributed by atoms with Gasteiger partial charge in [-0.3, -0.25) is 0 Å². The lowest BCUT2D eigenvalue weighted by atomic mass is 10.1. The van der Waals surface area contributed by atoms with Gasteiger partial charge in [0.2, 0.25) is 0 Å². The van der Waals surface area contributed by atoms with Crippen molar-refractivity contribution in [2.45, 2.75) is 33.2 Å². The Kier molecular flexibility index (Phi) is 4.12. The molecule has 0 aliphatic carbocycles. The third-order valence-electron chi connectivity index (χ3n) is 3.11. The van der Waals surface area contributed by atoms with E-state index in [2.05, 4.69) is 54.2 Å². The van der Waals surface area contributed by atoms with E-state index in [9.17, 15) is 0 Å². The van der Waals surface area contributed by atoms with Crippen molar-refractivity contribution in [1.82, 2.24) is 0 Å². The van der Waals surface area contributed by atoms with Crippen molar-refractivity contribution >= 4 is 21.6 Å². The molecule has 1 aromatic carbocycles. The first-order valence-corrected chi connectivity index (χ1v) is 6.97. The van der Waals surface area contributed by atoms with E-state index in [1.807, 2.05) is 12.1 Å². The van der Waals surface area contributed by atoms with Crippen LogP contribution in [0.3, 0.4) is 0 Å². The van der Waals surface area contributed by atoms with E-state index in [0.29, 0.717) is 0 Å². The minimum atomic E-state index is 0.221. The van der Waals surface area contributed by atoms with E-state index in [1.54, 1.807) is 6.26 Å². The molecule has 1 N–H and O–H groups in total. The van der Waals surface area contributed by atoms with Gasteiger partial charge in [-0.2, -0.15) is 0 Å². The average molecular weight is 308 g/mol. The number of hydrogen-bond acceptors (Lipinski definition) is 2. The summed E-state index contributed by atoms with van der Waals surface area (Å²) in [7, 11) is 0. The van der Waals surface area contributed by atoms with Crippen LogP contribution in [-0.4, -0.2) is 0 Å². The van der Waals surface area contributed by atoms with Crippen LogP contribution in [0.5, 0.6) is 0 Å². The maximum absolute atomic E-state index is 5.49.